The van der Waals surface area contributed by atoms with E-state index in [4.69, 9.17) is 9.47 Å². The molecule has 166 valence electrons. The molecule has 9 heteroatoms. The zero-order valence-electron chi connectivity index (χ0n) is 17.9. The van der Waals surface area contributed by atoms with Crippen molar-refractivity contribution in [3.8, 4) is 17.5 Å². The summed E-state index contributed by atoms with van der Waals surface area (Å²) < 4.78 is 15.6. The SMILES string of the molecule is COc1ccccc1Oc1nc2c(c(=O)n(CCCO)c(=O)n2C)n1Cc1ccccc1. The highest BCUT2D eigenvalue weighted by Gasteiger charge is 2.22. The largest absolute Gasteiger partial charge is 0.493 e. The number of nitrogens with zero attached hydrogens (tertiary/aromatic N) is 4. The number of ether oxygens (including phenoxy) is 2. The minimum Gasteiger partial charge on any atom is -0.493 e. The van der Waals surface area contributed by atoms with Crippen molar-refractivity contribution in [1.82, 2.24) is 18.7 Å². The molecule has 0 bridgehead atoms. The highest BCUT2D eigenvalue weighted by molar-refractivity contribution is 5.72. The van der Waals surface area contributed by atoms with Crippen LogP contribution in [-0.2, 0) is 20.1 Å². The second kappa shape index (κ2) is 9.11. The number of methoxy groups -OCH3 is 1. The van der Waals surface area contributed by atoms with Gasteiger partial charge in [-0.15, -0.1) is 0 Å². The van der Waals surface area contributed by atoms with Gasteiger partial charge in [-0.3, -0.25) is 18.5 Å². The summed E-state index contributed by atoms with van der Waals surface area (Å²) in [5.41, 5.74) is 0.436. The van der Waals surface area contributed by atoms with E-state index in [-0.39, 0.29) is 36.7 Å². The summed E-state index contributed by atoms with van der Waals surface area (Å²) in [5.74, 6) is 0.949. The molecule has 0 saturated heterocycles. The second-order valence-electron chi connectivity index (χ2n) is 7.27. The molecular weight excluding hydrogens is 412 g/mol. The fraction of sp³-hybridized carbons (Fsp3) is 0.261. The van der Waals surface area contributed by atoms with Gasteiger partial charge in [-0.2, -0.15) is 4.98 Å². The minimum absolute atomic E-state index is 0.108. The van der Waals surface area contributed by atoms with Crippen LogP contribution in [0.3, 0.4) is 0 Å². The molecule has 0 aliphatic heterocycles. The summed E-state index contributed by atoms with van der Waals surface area (Å²) in [6.07, 6.45) is 0.290. The lowest BCUT2D eigenvalue weighted by molar-refractivity contribution is 0.277. The van der Waals surface area contributed by atoms with Crippen LogP contribution in [0.15, 0.2) is 64.2 Å². The van der Waals surface area contributed by atoms with E-state index < -0.39 is 11.2 Å². The van der Waals surface area contributed by atoms with Gasteiger partial charge in [-0.05, 0) is 24.1 Å². The highest BCUT2D eigenvalue weighted by Crippen LogP contribution is 2.32. The van der Waals surface area contributed by atoms with Crippen LogP contribution in [0.1, 0.15) is 12.0 Å². The first-order chi connectivity index (χ1) is 15.5. The number of benzene rings is 2. The summed E-state index contributed by atoms with van der Waals surface area (Å²) in [7, 11) is 3.10. The molecule has 0 saturated carbocycles. The summed E-state index contributed by atoms with van der Waals surface area (Å²) in [6.45, 7) is 0.297. The number of imidazole rings is 1. The van der Waals surface area contributed by atoms with E-state index >= 15 is 0 Å². The van der Waals surface area contributed by atoms with Crippen LogP contribution in [0.5, 0.6) is 17.5 Å². The molecule has 1 N–H and O–H groups in total. The molecule has 32 heavy (non-hydrogen) atoms. The van der Waals surface area contributed by atoms with Gasteiger partial charge in [-0.1, -0.05) is 42.5 Å². The van der Waals surface area contributed by atoms with Crippen LogP contribution in [0.4, 0.5) is 0 Å². The van der Waals surface area contributed by atoms with Gasteiger partial charge in [0.1, 0.15) is 0 Å². The number of hydrogen-bond donors (Lipinski definition) is 1. The number of rotatable bonds is 8. The van der Waals surface area contributed by atoms with Crippen LogP contribution < -0.4 is 20.7 Å². The standard InChI is InChI=1S/C23H24N4O5/c1-25-20-19(21(29)26(23(25)30)13-8-14-28)27(15-16-9-4-3-5-10-16)22(24-20)32-18-12-7-6-11-17(18)31-2/h3-7,9-12,28H,8,13-15H2,1-2H3. The molecule has 0 radical (unpaired) electrons. The van der Waals surface area contributed by atoms with Crippen molar-refractivity contribution in [3.05, 3.63) is 81.0 Å². The fourth-order valence-corrected chi connectivity index (χ4v) is 3.57. The first-order valence-corrected chi connectivity index (χ1v) is 10.2. The lowest BCUT2D eigenvalue weighted by Gasteiger charge is -2.12. The number of aromatic nitrogens is 4. The number of para-hydroxylation sites is 2. The molecule has 2 heterocycles. The van der Waals surface area contributed by atoms with E-state index in [0.717, 1.165) is 10.1 Å². The first kappa shape index (κ1) is 21.4. The average Bonchev–Trinajstić information content (AvgIpc) is 3.16. The Hall–Kier alpha value is -3.85. The van der Waals surface area contributed by atoms with Crippen molar-refractivity contribution in [2.45, 2.75) is 19.5 Å². The smallest absolute Gasteiger partial charge is 0.332 e. The van der Waals surface area contributed by atoms with Crippen molar-refractivity contribution >= 4 is 11.2 Å². The summed E-state index contributed by atoms with van der Waals surface area (Å²) >= 11 is 0. The molecule has 9 nitrogen and oxygen atoms in total. The zero-order chi connectivity index (χ0) is 22.7. The van der Waals surface area contributed by atoms with Gasteiger partial charge in [0.15, 0.2) is 22.7 Å². The quantitative estimate of drug-likeness (QED) is 0.454. The van der Waals surface area contributed by atoms with Crippen LogP contribution in [-0.4, -0.2) is 37.5 Å². The molecule has 0 aliphatic rings. The van der Waals surface area contributed by atoms with Gasteiger partial charge in [0.25, 0.3) is 5.56 Å². The van der Waals surface area contributed by atoms with Crippen molar-refractivity contribution in [1.29, 1.82) is 0 Å². The maximum atomic E-state index is 13.3. The zero-order valence-corrected chi connectivity index (χ0v) is 17.9. The molecule has 2 aromatic carbocycles. The molecule has 4 rings (SSSR count). The van der Waals surface area contributed by atoms with E-state index in [1.165, 1.54) is 4.57 Å². The monoisotopic (exact) mass is 436 g/mol. The molecule has 0 amide bonds. The Kier molecular flexibility index (Phi) is 6.09. The van der Waals surface area contributed by atoms with Crippen molar-refractivity contribution in [3.63, 3.8) is 0 Å². The topological polar surface area (TPSA) is 101 Å². The van der Waals surface area contributed by atoms with Gasteiger partial charge in [0, 0.05) is 20.2 Å². The number of hydrogen-bond acceptors (Lipinski definition) is 6. The Labute approximate surface area is 183 Å². The second-order valence-corrected chi connectivity index (χ2v) is 7.27. The average molecular weight is 436 g/mol. The molecular formula is C23H24N4O5. The minimum atomic E-state index is -0.496. The van der Waals surface area contributed by atoms with Gasteiger partial charge in [-0.25, -0.2) is 4.79 Å². The maximum Gasteiger partial charge on any atom is 0.332 e. The lowest BCUT2D eigenvalue weighted by Crippen LogP contribution is -2.39. The summed E-state index contributed by atoms with van der Waals surface area (Å²) in [4.78, 5) is 30.6. The molecule has 2 aromatic heterocycles. The maximum absolute atomic E-state index is 13.3. The molecule has 0 atom stereocenters. The third-order valence-corrected chi connectivity index (χ3v) is 5.19. The van der Waals surface area contributed by atoms with Crippen LogP contribution in [0.25, 0.3) is 11.2 Å². The van der Waals surface area contributed by atoms with Gasteiger partial charge >= 0.3 is 11.7 Å². The number of fused-ring (bicyclic) bond motifs is 1. The van der Waals surface area contributed by atoms with E-state index in [1.807, 2.05) is 36.4 Å². The van der Waals surface area contributed by atoms with E-state index in [0.29, 0.717) is 18.0 Å². The molecule has 0 aliphatic carbocycles. The van der Waals surface area contributed by atoms with Crippen LogP contribution in [0.2, 0.25) is 0 Å². The Bertz CT molecular complexity index is 1350. The molecule has 0 unspecified atom stereocenters. The van der Waals surface area contributed by atoms with Crippen molar-refractivity contribution < 1.29 is 14.6 Å². The van der Waals surface area contributed by atoms with Gasteiger partial charge in [0.05, 0.1) is 13.7 Å². The predicted octanol–water partition coefficient (Wildman–Crippen LogP) is 2.13. The summed E-state index contributed by atoms with van der Waals surface area (Å²) in [6, 6.07) is 16.9. The van der Waals surface area contributed by atoms with E-state index in [2.05, 4.69) is 4.98 Å². The normalized spacial score (nSPS) is 11.1. The van der Waals surface area contributed by atoms with Gasteiger partial charge < -0.3 is 14.6 Å². The van der Waals surface area contributed by atoms with Crippen molar-refractivity contribution in [2.75, 3.05) is 13.7 Å². The fourth-order valence-electron chi connectivity index (χ4n) is 3.57. The number of aryl methyl sites for hydroxylation is 1. The number of aliphatic hydroxyl groups is 1. The first-order valence-electron chi connectivity index (χ1n) is 10.2. The van der Waals surface area contributed by atoms with Crippen LogP contribution in [0, 0.1) is 0 Å². The van der Waals surface area contributed by atoms with Gasteiger partial charge in [0.2, 0.25) is 0 Å². The highest BCUT2D eigenvalue weighted by atomic mass is 16.5. The third kappa shape index (κ3) is 3.90. The van der Waals surface area contributed by atoms with Crippen LogP contribution >= 0.6 is 0 Å². The van der Waals surface area contributed by atoms with E-state index in [1.54, 1.807) is 36.9 Å². The van der Waals surface area contributed by atoms with E-state index in [9.17, 15) is 14.7 Å². The Balaban J connectivity index is 1.95. The lowest BCUT2D eigenvalue weighted by atomic mass is 10.2. The Morgan fingerprint density at radius 3 is 2.34 bits per heavy atom. The summed E-state index contributed by atoms with van der Waals surface area (Å²) in [5, 5.41) is 9.19. The Morgan fingerprint density at radius 1 is 0.969 bits per heavy atom. The predicted molar refractivity (Wildman–Crippen MR) is 120 cm³/mol. The third-order valence-electron chi connectivity index (χ3n) is 5.19. The molecule has 0 fully saturated rings. The Morgan fingerprint density at radius 2 is 1.66 bits per heavy atom. The molecule has 0 spiro atoms. The number of aliphatic hydroxyl groups excluding tert-OH is 1. The molecule has 4 aromatic rings. The van der Waals surface area contributed by atoms with Crippen molar-refractivity contribution in [2.24, 2.45) is 7.05 Å².